The zero-order chi connectivity index (χ0) is 13.0. The van der Waals surface area contributed by atoms with Gasteiger partial charge in [0.25, 0.3) is 0 Å². The van der Waals surface area contributed by atoms with Crippen LogP contribution in [0.1, 0.15) is 10.7 Å². The Morgan fingerprint density at radius 2 is 2.22 bits per heavy atom. The van der Waals surface area contributed by atoms with E-state index in [0.29, 0.717) is 0 Å². The van der Waals surface area contributed by atoms with Crippen molar-refractivity contribution in [1.82, 2.24) is 4.98 Å². The van der Waals surface area contributed by atoms with Crippen LogP contribution in [-0.2, 0) is 6.42 Å². The van der Waals surface area contributed by atoms with Gasteiger partial charge in [0.05, 0.1) is 10.0 Å². The van der Waals surface area contributed by atoms with Crippen LogP contribution < -0.4 is 5.73 Å². The highest BCUT2D eigenvalue weighted by atomic mass is 35.5. The first-order valence-corrected chi connectivity index (χ1v) is 7.93. The van der Waals surface area contributed by atoms with Gasteiger partial charge in [-0.1, -0.05) is 23.7 Å². The summed E-state index contributed by atoms with van der Waals surface area (Å²) in [5.74, 6) is 0.850. The largest absolute Gasteiger partial charge is 0.327 e. The Hall–Kier alpha value is -0.550. The van der Waals surface area contributed by atoms with Crippen molar-refractivity contribution in [2.45, 2.75) is 24.3 Å². The minimum atomic E-state index is 0.108. The van der Waals surface area contributed by atoms with Crippen molar-refractivity contribution in [2.75, 3.05) is 5.75 Å². The maximum atomic E-state index is 6.12. The van der Waals surface area contributed by atoms with E-state index in [1.807, 2.05) is 31.2 Å². The molecule has 0 bridgehead atoms. The van der Waals surface area contributed by atoms with Crippen molar-refractivity contribution in [1.29, 1.82) is 0 Å². The van der Waals surface area contributed by atoms with Gasteiger partial charge in [-0.25, -0.2) is 4.98 Å². The van der Waals surface area contributed by atoms with E-state index in [1.54, 1.807) is 23.1 Å². The molecule has 0 radical (unpaired) electrons. The predicted octanol–water partition coefficient (Wildman–Crippen LogP) is 3.77. The summed E-state index contributed by atoms with van der Waals surface area (Å²) >= 11 is 9.48. The van der Waals surface area contributed by atoms with Crippen LogP contribution >= 0.6 is 34.7 Å². The molecular weight excluding hydrogens is 284 g/mol. The average molecular weight is 299 g/mol. The lowest BCUT2D eigenvalue weighted by Crippen LogP contribution is -2.25. The first kappa shape index (κ1) is 13.9. The number of aryl methyl sites for hydroxylation is 1. The van der Waals surface area contributed by atoms with Gasteiger partial charge < -0.3 is 5.73 Å². The molecule has 0 fully saturated rings. The topological polar surface area (TPSA) is 38.9 Å². The number of thiazole rings is 1. The Kier molecular flexibility index (Phi) is 5.06. The van der Waals surface area contributed by atoms with Crippen molar-refractivity contribution >= 4 is 34.7 Å². The van der Waals surface area contributed by atoms with Gasteiger partial charge in [0.1, 0.15) is 0 Å². The van der Waals surface area contributed by atoms with E-state index in [1.165, 1.54) is 0 Å². The van der Waals surface area contributed by atoms with Crippen molar-refractivity contribution in [3.63, 3.8) is 0 Å². The van der Waals surface area contributed by atoms with Crippen molar-refractivity contribution < 1.29 is 0 Å². The zero-order valence-electron chi connectivity index (χ0n) is 10.1. The molecule has 2 nitrogen and oxygen atoms in total. The van der Waals surface area contributed by atoms with E-state index in [2.05, 4.69) is 10.4 Å². The molecule has 0 aliphatic rings. The summed E-state index contributed by atoms with van der Waals surface area (Å²) in [4.78, 5) is 5.51. The zero-order valence-corrected chi connectivity index (χ0v) is 12.5. The number of hydrogen-bond acceptors (Lipinski definition) is 4. The number of rotatable bonds is 5. The lowest BCUT2D eigenvalue weighted by molar-refractivity contribution is 0.743. The minimum absolute atomic E-state index is 0.108. The van der Waals surface area contributed by atoms with Crippen molar-refractivity contribution in [3.8, 4) is 0 Å². The third-order valence-corrected chi connectivity index (χ3v) is 5.09. The summed E-state index contributed by atoms with van der Waals surface area (Å²) in [6, 6.07) is 7.96. The second-order valence-electron chi connectivity index (χ2n) is 4.09. The van der Waals surface area contributed by atoms with Crippen molar-refractivity contribution in [3.05, 3.63) is 45.4 Å². The van der Waals surface area contributed by atoms with Gasteiger partial charge in [-0.3, -0.25) is 0 Å². The number of nitrogens with two attached hydrogens (primary N) is 1. The lowest BCUT2D eigenvalue weighted by Gasteiger charge is -2.10. The number of thioether (sulfide) groups is 1. The number of hydrogen-bond donors (Lipinski definition) is 1. The predicted molar refractivity (Wildman–Crippen MR) is 80.7 cm³/mol. The van der Waals surface area contributed by atoms with E-state index < -0.39 is 0 Å². The Labute approximate surface area is 121 Å². The molecule has 5 heteroatoms. The van der Waals surface area contributed by atoms with Crippen LogP contribution in [0.5, 0.6) is 0 Å². The van der Waals surface area contributed by atoms with Gasteiger partial charge in [0, 0.05) is 34.2 Å². The number of aromatic nitrogens is 1. The van der Waals surface area contributed by atoms with E-state index >= 15 is 0 Å². The number of nitrogens with zero attached hydrogens (tertiary/aromatic N) is 1. The molecular formula is C13H15ClN2S2. The van der Waals surface area contributed by atoms with E-state index in [0.717, 1.165) is 32.8 Å². The van der Waals surface area contributed by atoms with Crippen LogP contribution in [0.4, 0.5) is 0 Å². The smallest absolute Gasteiger partial charge is 0.0943 e. The van der Waals surface area contributed by atoms with Gasteiger partial charge in [0.2, 0.25) is 0 Å². The van der Waals surface area contributed by atoms with Crippen molar-refractivity contribution in [2.24, 2.45) is 5.73 Å². The highest BCUT2D eigenvalue weighted by Gasteiger charge is 2.09. The molecule has 96 valence electrons. The second kappa shape index (κ2) is 6.57. The van der Waals surface area contributed by atoms with E-state index in [9.17, 15) is 0 Å². The molecule has 0 amide bonds. The third kappa shape index (κ3) is 3.99. The normalized spacial score (nSPS) is 12.6. The molecule has 1 unspecified atom stereocenters. The number of halogens is 1. The first-order chi connectivity index (χ1) is 8.65. The second-order valence-corrected chi connectivity index (χ2v) is 6.50. The Balaban J connectivity index is 1.85. The summed E-state index contributed by atoms with van der Waals surface area (Å²) in [6.07, 6.45) is 0.829. The molecule has 0 spiro atoms. The van der Waals surface area contributed by atoms with Crippen LogP contribution in [0.25, 0.3) is 0 Å². The molecule has 0 aliphatic heterocycles. The highest BCUT2D eigenvalue weighted by Crippen LogP contribution is 2.27. The average Bonchev–Trinajstić information content (AvgIpc) is 2.74. The lowest BCUT2D eigenvalue weighted by atomic mass is 10.3. The fourth-order valence-electron chi connectivity index (χ4n) is 1.54. The molecule has 18 heavy (non-hydrogen) atoms. The van der Waals surface area contributed by atoms with Gasteiger partial charge in [-0.2, -0.15) is 0 Å². The molecule has 2 rings (SSSR count). The van der Waals surface area contributed by atoms with E-state index in [-0.39, 0.29) is 6.04 Å². The Bertz CT molecular complexity index is 513. The molecule has 0 saturated carbocycles. The van der Waals surface area contributed by atoms with Crippen LogP contribution in [0.3, 0.4) is 0 Å². The Morgan fingerprint density at radius 3 is 2.89 bits per heavy atom. The standard InChI is InChI=1S/C13H15ClN2S2/c1-9-7-18-13(16-9)6-10(15)8-17-12-5-3-2-4-11(12)14/h2-5,7,10H,6,8,15H2,1H3. The van der Waals surface area contributed by atoms with Gasteiger partial charge in [-0.05, 0) is 19.1 Å². The molecule has 2 N–H and O–H groups in total. The summed E-state index contributed by atoms with van der Waals surface area (Å²) in [5, 5.41) is 3.96. The molecule has 2 aromatic rings. The summed E-state index contributed by atoms with van der Waals surface area (Å²) in [7, 11) is 0. The molecule has 0 aliphatic carbocycles. The molecule has 1 heterocycles. The number of benzene rings is 1. The molecule has 0 saturated heterocycles. The van der Waals surface area contributed by atoms with Crippen LogP contribution in [0, 0.1) is 6.92 Å². The molecule has 1 aromatic heterocycles. The fourth-order valence-corrected chi connectivity index (χ4v) is 3.60. The highest BCUT2D eigenvalue weighted by molar-refractivity contribution is 7.99. The van der Waals surface area contributed by atoms with Crippen LogP contribution in [0.15, 0.2) is 34.5 Å². The van der Waals surface area contributed by atoms with Gasteiger partial charge in [0.15, 0.2) is 0 Å². The fraction of sp³-hybridized carbons (Fsp3) is 0.308. The summed E-state index contributed by atoms with van der Waals surface area (Å²) in [5.41, 5.74) is 7.19. The molecule has 1 atom stereocenters. The summed E-state index contributed by atoms with van der Waals surface area (Å²) < 4.78 is 0. The quantitative estimate of drug-likeness (QED) is 0.854. The van der Waals surface area contributed by atoms with E-state index in [4.69, 9.17) is 17.3 Å². The van der Waals surface area contributed by atoms with Gasteiger partial charge in [-0.15, -0.1) is 23.1 Å². The minimum Gasteiger partial charge on any atom is -0.327 e. The SMILES string of the molecule is Cc1csc(CC(N)CSc2ccccc2Cl)n1. The first-order valence-electron chi connectivity index (χ1n) is 5.69. The molecule has 1 aromatic carbocycles. The summed E-state index contributed by atoms with van der Waals surface area (Å²) in [6.45, 7) is 2.00. The third-order valence-electron chi connectivity index (χ3n) is 2.39. The van der Waals surface area contributed by atoms with Crippen LogP contribution in [0.2, 0.25) is 5.02 Å². The maximum Gasteiger partial charge on any atom is 0.0943 e. The Morgan fingerprint density at radius 1 is 1.44 bits per heavy atom. The van der Waals surface area contributed by atoms with Gasteiger partial charge >= 0.3 is 0 Å². The monoisotopic (exact) mass is 298 g/mol. The maximum absolute atomic E-state index is 6.12. The van der Waals surface area contributed by atoms with Crippen LogP contribution in [-0.4, -0.2) is 16.8 Å².